The predicted molar refractivity (Wildman–Crippen MR) is 80.1 cm³/mol. The Labute approximate surface area is 127 Å². The Morgan fingerprint density at radius 3 is 2.43 bits per heavy atom. The van der Waals surface area contributed by atoms with Crippen molar-refractivity contribution in [1.82, 2.24) is 5.32 Å². The van der Waals surface area contributed by atoms with Crippen LogP contribution in [0.5, 0.6) is 5.75 Å². The zero-order valence-corrected chi connectivity index (χ0v) is 12.1. The van der Waals surface area contributed by atoms with Crippen molar-refractivity contribution in [3.8, 4) is 5.75 Å². The van der Waals surface area contributed by atoms with Gasteiger partial charge in [-0.05, 0) is 42.0 Å². The minimum absolute atomic E-state index is 0.0833. The lowest BCUT2D eigenvalue weighted by atomic mass is 10.1. The molecular formula is C16H15ClFNO2. The zero-order valence-electron chi connectivity index (χ0n) is 11.3. The van der Waals surface area contributed by atoms with Crippen molar-refractivity contribution in [3.63, 3.8) is 0 Å². The molecule has 0 aliphatic rings. The van der Waals surface area contributed by atoms with Crippen molar-refractivity contribution >= 4 is 17.5 Å². The Bertz CT molecular complexity index is 584. The molecule has 0 saturated carbocycles. The summed E-state index contributed by atoms with van der Waals surface area (Å²) in [5.41, 5.74) is 0.899. The van der Waals surface area contributed by atoms with Gasteiger partial charge in [-0.3, -0.25) is 4.79 Å². The maximum absolute atomic E-state index is 12.7. The lowest BCUT2D eigenvalue weighted by molar-refractivity contribution is -0.120. The average molecular weight is 308 g/mol. The molecule has 0 unspecified atom stereocenters. The number of rotatable bonds is 6. The van der Waals surface area contributed by atoms with Crippen LogP contribution in [0.15, 0.2) is 48.5 Å². The molecule has 3 nitrogen and oxygen atoms in total. The molecule has 0 atom stereocenters. The summed E-state index contributed by atoms with van der Waals surface area (Å²) in [6.07, 6.45) is 0.299. The minimum Gasteiger partial charge on any atom is -0.492 e. The van der Waals surface area contributed by atoms with Crippen molar-refractivity contribution in [2.24, 2.45) is 0 Å². The maximum atomic E-state index is 12.7. The van der Waals surface area contributed by atoms with E-state index in [1.807, 2.05) is 12.1 Å². The van der Waals surface area contributed by atoms with Gasteiger partial charge in [0.2, 0.25) is 5.91 Å². The molecule has 110 valence electrons. The van der Waals surface area contributed by atoms with E-state index >= 15 is 0 Å². The van der Waals surface area contributed by atoms with Crippen LogP contribution >= 0.6 is 11.6 Å². The molecule has 2 rings (SSSR count). The van der Waals surface area contributed by atoms with Crippen LogP contribution < -0.4 is 10.1 Å². The summed E-state index contributed by atoms with van der Waals surface area (Å²) >= 11 is 5.78. The first-order valence-electron chi connectivity index (χ1n) is 6.53. The molecule has 2 aromatic rings. The van der Waals surface area contributed by atoms with E-state index in [-0.39, 0.29) is 11.7 Å². The van der Waals surface area contributed by atoms with Gasteiger partial charge in [0.05, 0.1) is 13.0 Å². The number of carbonyl (C=O) groups excluding carboxylic acids is 1. The van der Waals surface area contributed by atoms with Gasteiger partial charge in [0.15, 0.2) is 0 Å². The highest BCUT2D eigenvalue weighted by atomic mass is 35.5. The van der Waals surface area contributed by atoms with Gasteiger partial charge < -0.3 is 10.1 Å². The quantitative estimate of drug-likeness (QED) is 0.832. The number of nitrogens with one attached hydrogen (secondary N) is 1. The van der Waals surface area contributed by atoms with E-state index in [0.717, 1.165) is 5.56 Å². The predicted octanol–water partition coefficient (Wildman–Crippen LogP) is 3.22. The Hall–Kier alpha value is -2.07. The van der Waals surface area contributed by atoms with Gasteiger partial charge in [-0.2, -0.15) is 0 Å². The van der Waals surface area contributed by atoms with Crippen molar-refractivity contribution in [2.45, 2.75) is 6.42 Å². The fraction of sp³-hybridized carbons (Fsp3) is 0.188. The molecule has 1 amide bonds. The lowest BCUT2D eigenvalue weighted by Crippen LogP contribution is -2.29. The van der Waals surface area contributed by atoms with Crippen LogP contribution in [0.3, 0.4) is 0 Å². The van der Waals surface area contributed by atoms with Gasteiger partial charge >= 0.3 is 0 Å². The van der Waals surface area contributed by atoms with E-state index in [1.165, 1.54) is 12.1 Å². The normalized spacial score (nSPS) is 10.2. The van der Waals surface area contributed by atoms with Crippen LogP contribution in [0.1, 0.15) is 5.56 Å². The van der Waals surface area contributed by atoms with Crippen molar-refractivity contribution in [3.05, 3.63) is 64.9 Å². The molecule has 0 saturated heterocycles. The lowest BCUT2D eigenvalue weighted by Gasteiger charge is -2.08. The fourth-order valence-electron chi connectivity index (χ4n) is 1.74. The molecule has 0 aliphatic carbocycles. The van der Waals surface area contributed by atoms with E-state index in [4.69, 9.17) is 16.3 Å². The zero-order chi connectivity index (χ0) is 15.1. The highest BCUT2D eigenvalue weighted by Gasteiger charge is 2.03. The third-order valence-electron chi connectivity index (χ3n) is 2.78. The number of hydrogen-bond acceptors (Lipinski definition) is 2. The molecule has 1 N–H and O–H groups in total. The molecule has 0 radical (unpaired) electrons. The molecule has 0 heterocycles. The highest BCUT2D eigenvalue weighted by Crippen LogP contribution is 2.11. The van der Waals surface area contributed by atoms with Crippen molar-refractivity contribution in [1.29, 1.82) is 0 Å². The first-order chi connectivity index (χ1) is 10.1. The van der Waals surface area contributed by atoms with Crippen LogP contribution in [0, 0.1) is 5.82 Å². The number of halogens is 2. The summed E-state index contributed by atoms with van der Waals surface area (Å²) in [7, 11) is 0. The molecule has 5 heteroatoms. The third-order valence-corrected chi connectivity index (χ3v) is 3.04. The molecule has 2 aromatic carbocycles. The number of amides is 1. The summed E-state index contributed by atoms with van der Waals surface area (Å²) in [6.45, 7) is 0.724. The smallest absolute Gasteiger partial charge is 0.224 e. The Balaban J connectivity index is 1.67. The standard InChI is InChI=1S/C16H15ClFNO2/c17-13-3-1-12(2-4-13)11-16(20)19-9-10-21-15-7-5-14(18)6-8-15/h1-8H,9-11H2,(H,19,20). The number of hydrogen-bond donors (Lipinski definition) is 1. The van der Waals surface area contributed by atoms with Crippen molar-refractivity contribution < 1.29 is 13.9 Å². The van der Waals surface area contributed by atoms with Gasteiger partial charge in [-0.15, -0.1) is 0 Å². The van der Waals surface area contributed by atoms with Crippen LogP contribution in [0.4, 0.5) is 4.39 Å². The molecule has 0 bridgehead atoms. The van der Waals surface area contributed by atoms with Gasteiger partial charge in [0, 0.05) is 5.02 Å². The molecule has 0 spiro atoms. The first-order valence-corrected chi connectivity index (χ1v) is 6.91. The molecule has 0 aromatic heterocycles. The summed E-state index contributed by atoms with van der Waals surface area (Å²) in [5, 5.41) is 3.40. The second-order valence-electron chi connectivity index (χ2n) is 4.46. The molecule has 0 aliphatic heterocycles. The Morgan fingerprint density at radius 2 is 1.76 bits per heavy atom. The topological polar surface area (TPSA) is 38.3 Å². The van der Waals surface area contributed by atoms with Crippen LogP contribution in [-0.2, 0) is 11.2 Å². The van der Waals surface area contributed by atoms with E-state index in [9.17, 15) is 9.18 Å². The van der Waals surface area contributed by atoms with Gasteiger partial charge in [0.25, 0.3) is 0 Å². The van der Waals surface area contributed by atoms with E-state index in [0.29, 0.717) is 30.3 Å². The number of ether oxygens (including phenoxy) is 1. The van der Waals surface area contributed by atoms with Crippen LogP contribution in [0.2, 0.25) is 5.02 Å². The van der Waals surface area contributed by atoms with Crippen LogP contribution in [0.25, 0.3) is 0 Å². The van der Waals surface area contributed by atoms with E-state index in [1.54, 1.807) is 24.3 Å². The Kier molecular flexibility index (Phi) is 5.58. The van der Waals surface area contributed by atoms with Gasteiger partial charge in [-0.1, -0.05) is 23.7 Å². The summed E-state index contributed by atoms with van der Waals surface area (Å²) in [4.78, 5) is 11.7. The largest absolute Gasteiger partial charge is 0.492 e. The molecule has 21 heavy (non-hydrogen) atoms. The monoisotopic (exact) mass is 307 g/mol. The average Bonchev–Trinajstić information content (AvgIpc) is 2.48. The van der Waals surface area contributed by atoms with Crippen molar-refractivity contribution in [2.75, 3.05) is 13.2 Å². The fourth-order valence-corrected chi connectivity index (χ4v) is 1.87. The highest BCUT2D eigenvalue weighted by molar-refractivity contribution is 6.30. The first kappa shape index (κ1) is 15.3. The molecule has 0 fully saturated rings. The molecular weight excluding hydrogens is 293 g/mol. The second kappa shape index (κ2) is 7.64. The minimum atomic E-state index is -0.307. The summed E-state index contributed by atoms with van der Waals surface area (Å²) in [5.74, 6) is 0.182. The van der Waals surface area contributed by atoms with Crippen LogP contribution in [-0.4, -0.2) is 19.1 Å². The van der Waals surface area contributed by atoms with Gasteiger partial charge in [0.1, 0.15) is 18.2 Å². The second-order valence-corrected chi connectivity index (χ2v) is 4.89. The SMILES string of the molecule is O=C(Cc1ccc(Cl)cc1)NCCOc1ccc(F)cc1. The number of benzene rings is 2. The van der Waals surface area contributed by atoms with E-state index < -0.39 is 0 Å². The summed E-state index contributed by atoms with van der Waals surface area (Å²) in [6, 6.07) is 12.9. The third kappa shape index (κ3) is 5.44. The van der Waals surface area contributed by atoms with Gasteiger partial charge in [-0.25, -0.2) is 4.39 Å². The van der Waals surface area contributed by atoms with E-state index in [2.05, 4.69) is 5.32 Å². The number of carbonyl (C=O) groups is 1. The summed E-state index contributed by atoms with van der Waals surface area (Å²) < 4.78 is 18.1. The maximum Gasteiger partial charge on any atom is 0.224 e. The Morgan fingerprint density at radius 1 is 1.10 bits per heavy atom.